The maximum absolute atomic E-state index is 11.7. The molecule has 0 N–H and O–H groups in total. The summed E-state index contributed by atoms with van der Waals surface area (Å²) in [5, 5.41) is 0.619. The van der Waals surface area contributed by atoms with Gasteiger partial charge in [0, 0.05) is 10.5 Å². The van der Waals surface area contributed by atoms with E-state index in [0.29, 0.717) is 36.2 Å². The smallest absolute Gasteiger partial charge is 0.317 e. The van der Waals surface area contributed by atoms with Crippen molar-refractivity contribution in [1.82, 2.24) is 0 Å². The van der Waals surface area contributed by atoms with E-state index in [2.05, 4.69) is 0 Å². The first-order valence-electron chi connectivity index (χ1n) is 9.19. The van der Waals surface area contributed by atoms with Gasteiger partial charge < -0.3 is 9.47 Å². The van der Waals surface area contributed by atoms with E-state index >= 15 is 0 Å². The zero-order chi connectivity index (χ0) is 18.1. The number of hydrogen-bond acceptors (Lipinski definition) is 7. The molecule has 4 fully saturated rings. The summed E-state index contributed by atoms with van der Waals surface area (Å²) in [6.45, 7) is 4.00. The van der Waals surface area contributed by atoms with E-state index in [1.165, 1.54) is 0 Å². The molecule has 2 aliphatic heterocycles. The van der Waals surface area contributed by atoms with Gasteiger partial charge in [-0.15, -0.1) is 0 Å². The summed E-state index contributed by atoms with van der Waals surface area (Å²) >= 11 is 1.81. The highest BCUT2D eigenvalue weighted by atomic mass is 32.2. The zero-order valence-electron chi connectivity index (χ0n) is 14.6. The number of carbonyl (C=O) groups excluding carboxylic acids is 4. The Kier molecular flexibility index (Phi) is 5.51. The molecule has 2 aliphatic carbocycles. The Hall–Kier alpha value is -1.37. The number of cyclic esters (lactones) is 4. The van der Waals surface area contributed by atoms with Crippen LogP contribution in [0.4, 0.5) is 0 Å². The molecule has 0 bridgehead atoms. The van der Waals surface area contributed by atoms with Crippen LogP contribution in [0.3, 0.4) is 0 Å². The second-order valence-electron chi connectivity index (χ2n) is 6.91. The lowest BCUT2D eigenvalue weighted by Crippen LogP contribution is -2.32. The van der Waals surface area contributed by atoms with Crippen LogP contribution in [0, 0.1) is 23.7 Å². The molecule has 0 aromatic heterocycles. The van der Waals surface area contributed by atoms with E-state index in [1.54, 1.807) is 0 Å². The topological polar surface area (TPSA) is 86.7 Å². The highest BCUT2D eigenvalue weighted by molar-refractivity contribution is 8.00. The molecule has 0 aromatic carbocycles. The Morgan fingerprint density at radius 2 is 1.00 bits per heavy atom. The van der Waals surface area contributed by atoms with Crippen LogP contribution in [-0.2, 0) is 28.7 Å². The SMILES string of the molecule is CC.O=C1OC(=O)C2CC(SC3CCC4C(=O)OC(=O)C4C3)CCC12. The summed E-state index contributed by atoms with van der Waals surface area (Å²) in [5.41, 5.74) is 0. The minimum atomic E-state index is -0.376. The van der Waals surface area contributed by atoms with Crippen LogP contribution < -0.4 is 0 Å². The minimum Gasteiger partial charge on any atom is -0.393 e. The maximum atomic E-state index is 11.7. The average molecular weight is 368 g/mol. The van der Waals surface area contributed by atoms with E-state index in [-0.39, 0.29) is 47.5 Å². The van der Waals surface area contributed by atoms with Crippen molar-refractivity contribution in [3.8, 4) is 0 Å². The van der Waals surface area contributed by atoms with Gasteiger partial charge >= 0.3 is 23.9 Å². The molecule has 2 saturated carbocycles. The predicted octanol–water partition coefficient (Wildman–Crippen LogP) is 2.48. The van der Waals surface area contributed by atoms with Crippen molar-refractivity contribution in [2.75, 3.05) is 0 Å². The van der Waals surface area contributed by atoms with Gasteiger partial charge in [-0.3, -0.25) is 19.2 Å². The van der Waals surface area contributed by atoms with Crippen molar-refractivity contribution in [1.29, 1.82) is 0 Å². The van der Waals surface area contributed by atoms with Gasteiger partial charge in [0.1, 0.15) is 0 Å². The van der Waals surface area contributed by atoms with Crippen LogP contribution in [0.15, 0.2) is 0 Å². The third-order valence-electron chi connectivity index (χ3n) is 5.60. The Bertz CT molecular complexity index is 538. The molecule has 4 aliphatic rings. The second kappa shape index (κ2) is 7.48. The first kappa shape index (κ1) is 18.4. The molecule has 6 nitrogen and oxygen atoms in total. The van der Waals surface area contributed by atoms with Gasteiger partial charge in [0.05, 0.1) is 23.7 Å². The van der Waals surface area contributed by atoms with Crippen molar-refractivity contribution < 1.29 is 28.7 Å². The van der Waals surface area contributed by atoms with Crippen LogP contribution in [-0.4, -0.2) is 34.4 Å². The number of hydrogen-bond donors (Lipinski definition) is 0. The molecular weight excluding hydrogens is 344 g/mol. The summed E-state index contributed by atoms with van der Waals surface area (Å²) in [7, 11) is 0. The molecule has 4 rings (SSSR count). The number of fused-ring (bicyclic) bond motifs is 2. The van der Waals surface area contributed by atoms with Gasteiger partial charge in [-0.1, -0.05) is 13.8 Å². The molecular formula is C18H24O6S. The zero-order valence-corrected chi connectivity index (χ0v) is 15.4. The molecule has 0 aromatic rings. The molecule has 138 valence electrons. The summed E-state index contributed by atoms with van der Waals surface area (Å²) in [4.78, 5) is 46.6. The molecule has 6 atom stereocenters. The van der Waals surface area contributed by atoms with Gasteiger partial charge in [-0.05, 0) is 38.5 Å². The largest absolute Gasteiger partial charge is 0.393 e. The number of carbonyl (C=O) groups is 4. The average Bonchev–Trinajstić information content (AvgIpc) is 3.05. The number of rotatable bonds is 2. The standard InChI is InChI=1S/C16H18O6S.C2H6/c17-13-9-3-1-7(5-11(9)15(19)21-13)23-8-2-4-10-12(6-8)16(20)22-14(10)18;1-2/h7-12H,1-6H2;1-2H3. The van der Waals surface area contributed by atoms with Crippen molar-refractivity contribution >= 4 is 35.6 Å². The van der Waals surface area contributed by atoms with Crippen molar-refractivity contribution in [2.24, 2.45) is 23.7 Å². The van der Waals surface area contributed by atoms with E-state index in [4.69, 9.17) is 9.47 Å². The predicted molar refractivity (Wildman–Crippen MR) is 90.4 cm³/mol. The molecule has 7 heteroatoms. The molecule has 2 saturated heterocycles. The van der Waals surface area contributed by atoms with Crippen LogP contribution in [0.5, 0.6) is 0 Å². The Balaban J connectivity index is 0.000000880. The maximum Gasteiger partial charge on any atom is 0.317 e. The third kappa shape index (κ3) is 3.48. The Morgan fingerprint density at radius 1 is 0.640 bits per heavy atom. The Morgan fingerprint density at radius 3 is 1.40 bits per heavy atom. The van der Waals surface area contributed by atoms with Gasteiger partial charge in [-0.25, -0.2) is 0 Å². The number of thioether (sulfide) groups is 1. The van der Waals surface area contributed by atoms with E-state index in [1.807, 2.05) is 25.6 Å². The summed E-state index contributed by atoms with van der Waals surface area (Å²) in [5.74, 6) is -2.56. The van der Waals surface area contributed by atoms with Crippen LogP contribution >= 0.6 is 11.8 Å². The fourth-order valence-electron chi connectivity index (χ4n) is 4.37. The van der Waals surface area contributed by atoms with Gasteiger partial charge in [0.25, 0.3) is 0 Å². The van der Waals surface area contributed by atoms with Crippen molar-refractivity contribution in [3.63, 3.8) is 0 Å². The van der Waals surface area contributed by atoms with Gasteiger partial charge in [-0.2, -0.15) is 11.8 Å². The molecule has 25 heavy (non-hydrogen) atoms. The first-order valence-corrected chi connectivity index (χ1v) is 10.1. The summed E-state index contributed by atoms with van der Waals surface area (Å²) in [6.07, 6.45) is 4.53. The molecule has 6 unspecified atom stereocenters. The second-order valence-corrected chi connectivity index (χ2v) is 8.52. The Labute approximate surface area is 151 Å². The van der Waals surface area contributed by atoms with Crippen LogP contribution in [0.2, 0.25) is 0 Å². The van der Waals surface area contributed by atoms with Crippen LogP contribution in [0.25, 0.3) is 0 Å². The highest BCUT2D eigenvalue weighted by Crippen LogP contribution is 2.46. The first-order chi connectivity index (χ1) is 12.0. The number of esters is 4. The quantitative estimate of drug-likeness (QED) is 0.546. The lowest BCUT2D eigenvalue weighted by atomic mass is 9.80. The highest BCUT2D eigenvalue weighted by Gasteiger charge is 2.50. The molecule has 2 heterocycles. The number of ether oxygens (including phenoxy) is 2. The summed E-state index contributed by atoms with van der Waals surface area (Å²) < 4.78 is 9.49. The van der Waals surface area contributed by atoms with Crippen LogP contribution in [0.1, 0.15) is 52.4 Å². The van der Waals surface area contributed by atoms with Crippen molar-refractivity contribution in [2.45, 2.75) is 62.9 Å². The normalized spacial score (nSPS) is 39.8. The fourth-order valence-corrected chi connectivity index (χ4v) is 6.10. The lowest BCUT2D eigenvalue weighted by molar-refractivity contribution is -0.155. The van der Waals surface area contributed by atoms with E-state index in [9.17, 15) is 19.2 Å². The van der Waals surface area contributed by atoms with Crippen molar-refractivity contribution in [3.05, 3.63) is 0 Å². The monoisotopic (exact) mass is 368 g/mol. The van der Waals surface area contributed by atoms with E-state index in [0.717, 1.165) is 12.8 Å². The minimum absolute atomic E-state index is 0.252. The summed E-state index contributed by atoms with van der Waals surface area (Å²) in [6, 6.07) is 0. The van der Waals surface area contributed by atoms with Gasteiger partial charge in [0.15, 0.2) is 0 Å². The molecule has 0 spiro atoms. The lowest BCUT2D eigenvalue weighted by Gasteiger charge is -2.33. The molecule has 0 amide bonds. The third-order valence-corrected chi connectivity index (χ3v) is 7.23. The van der Waals surface area contributed by atoms with Gasteiger partial charge in [0.2, 0.25) is 0 Å². The van der Waals surface area contributed by atoms with E-state index < -0.39 is 0 Å². The molecule has 0 radical (unpaired) electrons. The fraction of sp³-hybridized carbons (Fsp3) is 0.778.